The Labute approximate surface area is 61.1 Å². The molecule has 56 valence electrons. The zero-order valence-corrected chi connectivity index (χ0v) is 6.08. The monoisotopic (exact) mass is 138 g/mol. The number of fused-ring (bicyclic) bond motifs is 1. The van der Waals surface area contributed by atoms with Crippen LogP contribution in [0.25, 0.3) is 5.32 Å². The number of nitrogens with zero attached hydrogens (tertiary/aromatic N) is 3. The van der Waals surface area contributed by atoms with Crippen molar-refractivity contribution >= 4 is 5.96 Å². The Morgan fingerprint density at radius 2 is 2.20 bits per heavy atom. The van der Waals surface area contributed by atoms with E-state index in [2.05, 4.69) is 15.2 Å². The van der Waals surface area contributed by atoms with E-state index in [9.17, 15) is 0 Å². The van der Waals surface area contributed by atoms with E-state index in [-0.39, 0.29) is 0 Å². The summed E-state index contributed by atoms with van der Waals surface area (Å²) in [6, 6.07) is 0. The number of hydrogen-bond donors (Lipinski definition) is 0. The van der Waals surface area contributed by atoms with Crippen LogP contribution in [0.1, 0.15) is 12.8 Å². The fourth-order valence-corrected chi connectivity index (χ4v) is 1.44. The normalized spacial score (nSPS) is 24.8. The van der Waals surface area contributed by atoms with Crippen molar-refractivity contribution in [1.82, 2.24) is 4.90 Å². The molecule has 0 aromatic carbocycles. The second kappa shape index (κ2) is 2.48. The highest BCUT2D eigenvalue weighted by Gasteiger charge is 2.09. The molecule has 0 unspecified atom stereocenters. The molecule has 0 spiro atoms. The molecule has 0 saturated carbocycles. The van der Waals surface area contributed by atoms with Gasteiger partial charge in [0.2, 0.25) is 0 Å². The molecule has 2 aliphatic heterocycles. The molecule has 3 heteroatoms. The van der Waals surface area contributed by atoms with E-state index in [1.165, 1.54) is 25.9 Å². The van der Waals surface area contributed by atoms with Gasteiger partial charge < -0.3 is 15.2 Å². The molecule has 1 saturated heterocycles. The summed E-state index contributed by atoms with van der Waals surface area (Å²) in [6.45, 7) is 4.30. The lowest BCUT2D eigenvalue weighted by molar-refractivity contribution is 0.378. The van der Waals surface area contributed by atoms with E-state index >= 15 is 0 Å². The van der Waals surface area contributed by atoms with Gasteiger partial charge in [-0.2, -0.15) is 0 Å². The molecule has 2 heterocycles. The van der Waals surface area contributed by atoms with E-state index in [0.29, 0.717) is 0 Å². The minimum atomic E-state index is 0.981. The fraction of sp³-hybridized carbons (Fsp3) is 0.857. The topological polar surface area (TPSA) is 29.7 Å². The Morgan fingerprint density at radius 3 is 3.10 bits per heavy atom. The molecule has 0 radical (unpaired) electrons. The van der Waals surface area contributed by atoms with Gasteiger partial charge in [-0.3, -0.25) is 0 Å². The number of guanidine groups is 1. The molecule has 3 nitrogen and oxygen atoms in total. The van der Waals surface area contributed by atoms with Crippen LogP contribution in [0, 0.1) is 0 Å². The summed E-state index contributed by atoms with van der Waals surface area (Å²) >= 11 is 0. The summed E-state index contributed by atoms with van der Waals surface area (Å²) in [5, 5.41) is 4.33. The Hall–Kier alpha value is -0.730. The zero-order chi connectivity index (χ0) is 6.81. The maximum absolute atomic E-state index is 4.33. The van der Waals surface area contributed by atoms with E-state index < -0.39 is 0 Å². The first-order valence-electron chi connectivity index (χ1n) is 3.94. The first kappa shape index (κ1) is 6.01. The van der Waals surface area contributed by atoms with E-state index in [1.54, 1.807) is 0 Å². The van der Waals surface area contributed by atoms with Crippen molar-refractivity contribution in [2.75, 3.05) is 26.2 Å². The lowest BCUT2D eigenvalue weighted by Gasteiger charge is -2.41. The predicted octanol–water partition coefficient (Wildman–Crippen LogP) is 0.826. The second-order valence-electron chi connectivity index (χ2n) is 2.76. The van der Waals surface area contributed by atoms with Crippen LogP contribution >= 0.6 is 0 Å². The van der Waals surface area contributed by atoms with Crippen molar-refractivity contribution in [2.24, 2.45) is 4.99 Å². The summed E-state index contributed by atoms with van der Waals surface area (Å²) in [7, 11) is 0. The molecule has 0 amide bonds. The Balaban J connectivity index is 2.08. The highest BCUT2D eigenvalue weighted by atomic mass is 15.3. The van der Waals surface area contributed by atoms with Gasteiger partial charge in [-0.1, -0.05) is 0 Å². The van der Waals surface area contributed by atoms with Crippen LogP contribution in [-0.2, 0) is 0 Å². The van der Waals surface area contributed by atoms with E-state index in [4.69, 9.17) is 0 Å². The lowest BCUT2D eigenvalue weighted by atomic mass is 10.2. The number of aliphatic imine (C=N–C) groups is 1. The third-order valence-electron chi connectivity index (χ3n) is 1.96. The summed E-state index contributed by atoms with van der Waals surface area (Å²) in [5.74, 6) is 1.01. The van der Waals surface area contributed by atoms with Gasteiger partial charge in [0, 0.05) is 5.96 Å². The largest absolute Gasteiger partial charge is 0.426 e. The molecule has 0 aliphatic carbocycles. The first-order chi connectivity index (χ1) is 4.97. The Morgan fingerprint density at radius 1 is 1.30 bits per heavy atom. The van der Waals surface area contributed by atoms with Crippen molar-refractivity contribution in [3.8, 4) is 0 Å². The van der Waals surface area contributed by atoms with Crippen LogP contribution in [0.2, 0.25) is 0 Å². The van der Waals surface area contributed by atoms with Gasteiger partial charge in [0.05, 0.1) is 0 Å². The third kappa shape index (κ3) is 0.958. The minimum Gasteiger partial charge on any atom is -0.426 e. The maximum Gasteiger partial charge on any atom is 0.00912 e. The molecule has 2 aliphatic rings. The van der Waals surface area contributed by atoms with Gasteiger partial charge in [-0.25, -0.2) is 0 Å². The van der Waals surface area contributed by atoms with Gasteiger partial charge in [0.15, 0.2) is 0 Å². The number of rotatable bonds is 0. The van der Waals surface area contributed by atoms with Gasteiger partial charge in [-0.15, -0.1) is 0 Å². The summed E-state index contributed by atoms with van der Waals surface area (Å²) in [4.78, 5) is 6.61. The standard InChI is InChI=1S/C7H12N3/c1-3-8-7-9-4-2-6-10(7)5-1/h1-6H2/q-1. The molecule has 2 rings (SSSR count). The summed E-state index contributed by atoms with van der Waals surface area (Å²) in [5.41, 5.74) is 0. The Bertz CT molecular complexity index is 153. The van der Waals surface area contributed by atoms with Gasteiger partial charge in [-0.05, 0) is 39.0 Å². The average Bonchev–Trinajstić information content (AvgIpc) is 2.05. The highest BCUT2D eigenvalue weighted by molar-refractivity contribution is 5.93. The molecule has 0 aromatic rings. The van der Waals surface area contributed by atoms with Gasteiger partial charge in [0.1, 0.15) is 0 Å². The predicted molar refractivity (Wildman–Crippen MR) is 41.3 cm³/mol. The van der Waals surface area contributed by atoms with E-state index in [1.807, 2.05) is 0 Å². The summed E-state index contributed by atoms with van der Waals surface area (Å²) < 4.78 is 0. The zero-order valence-electron chi connectivity index (χ0n) is 6.08. The molecule has 1 fully saturated rings. The summed E-state index contributed by atoms with van der Waals surface area (Å²) in [6.07, 6.45) is 2.41. The highest BCUT2D eigenvalue weighted by Crippen LogP contribution is 2.13. The van der Waals surface area contributed by atoms with Crippen molar-refractivity contribution in [3.63, 3.8) is 0 Å². The molecular formula is C7H12N3-. The van der Waals surface area contributed by atoms with Crippen molar-refractivity contribution in [1.29, 1.82) is 0 Å². The van der Waals surface area contributed by atoms with Crippen LogP contribution in [0.15, 0.2) is 4.99 Å². The van der Waals surface area contributed by atoms with Crippen molar-refractivity contribution in [2.45, 2.75) is 12.8 Å². The third-order valence-corrected chi connectivity index (χ3v) is 1.96. The van der Waals surface area contributed by atoms with Crippen LogP contribution in [-0.4, -0.2) is 37.0 Å². The van der Waals surface area contributed by atoms with Gasteiger partial charge >= 0.3 is 0 Å². The van der Waals surface area contributed by atoms with E-state index in [0.717, 1.165) is 19.0 Å². The average molecular weight is 138 g/mol. The lowest BCUT2D eigenvalue weighted by Crippen LogP contribution is -2.39. The van der Waals surface area contributed by atoms with Crippen LogP contribution in [0.5, 0.6) is 0 Å². The van der Waals surface area contributed by atoms with Crippen molar-refractivity contribution < 1.29 is 0 Å². The molecule has 10 heavy (non-hydrogen) atoms. The molecule has 0 aromatic heterocycles. The molecular weight excluding hydrogens is 126 g/mol. The molecule has 0 atom stereocenters. The fourth-order valence-electron chi connectivity index (χ4n) is 1.44. The smallest absolute Gasteiger partial charge is 0.00912 e. The first-order valence-corrected chi connectivity index (χ1v) is 3.94. The van der Waals surface area contributed by atoms with Gasteiger partial charge in [0.25, 0.3) is 0 Å². The Kier molecular flexibility index (Phi) is 1.49. The van der Waals surface area contributed by atoms with Crippen LogP contribution in [0.4, 0.5) is 0 Å². The SMILES string of the molecule is C1CN=C2[N-]CCCN2C1. The second-order valence-corrected chi connectivity index (χ2v) is 2.76. The minimum absolute atomic E-state index is 0.981. The van der Waals surface area contributed by atoms with Crippen LogP contribution in [0.3, 0.4) is 0 Å². The quantitative estimate of drug-likeness (QED) is 0.487. The van der Waals surface area contributed by atoms with Crippen molar-refractivity contribution in [3.05, 3.63) is 5.32 Å². The molecule has 0 bridgehead atoms. The van der Waals surface area contributed by atoms with Crippen LogP contribution < -0.4 is 0 Å². The maximum atomic E-state index is 4.33. The molecule has 0 N–H and O–H groups in total. The number of hydrogen-bond acceptors (Lipinski definition) is 2.